The van der Waals surface area contributed by atoms with Crippen molar-refractivity contribution in [3.63, 3.8) is 0 Å². The Balaban J connectivity index is 1.48. The molecule has 0 aliphatic carbocycles. The minimum atomic E-state index is -0.671. The summed E-state index contributed by atoms with van der Waals surface area (Å²) in [7, 11) is 1.85. The van der Waals surface area contributed by atoms with Gasteiger partial charge in [0, 0.05) is 18.3 Å². The molecule has 1 amide bonds. The highest BCUT2D eigenvalue weighted by Gasteiger charge is 2.36. The number of hydrogen-bond acceptors (Lipinski definition) is 4. The van der Waals surface area contributed by atoms with Gasteiger partial charge < -0.3 is 0 Å². The zero-order valence-corrected chi connectivity index (χ0v) is 14.7. The first kappa shape index (κ1) is 17.1. The van der Waals surface area contributed by atoms with E-state index in [0.717, 1.165) is 17.3 Å². The number of benzene rings is 2. The van der Waals surface area contributed by atoms with Crippen LogP contribution in [-0.4, -0.2) is 40.1 Å². The van der Waals surface area contributed by atoms with Crippen molar-refractivity contribution in [2.24, 2.45) is 0 Å². The number of nitrogens with zero attached hydrogens (tertiary/aromatic N) is 4. The third-order valence-electron chi connectivity index (χ3n) is 4.43. The van der Waals surface area contributed by atoms with Gasteiger partial charge in [-0.15, -0.1) is 0 Å². The largest absolute Gasteiger partial charge is 0.300 e. The zero-order valence-electron chi connectivity index (χ0n) is 14.7. The average molecular weight is 364 g/mol. The molecule has 0 atom stereocenters. The van der Waals surface area contributed by atoms with E-state index in [1.807, 2.05) is 48.5 Å². The van der Waals surface area contributed by atoms with Crippen LogP contribution in [0.25, 0.3) is 5.69 Å². The van der Waals surface area contributed by atoms with Gasteiger partial charge >= 0.3 is 5.91 Å². The average Bonchev–Trinajstić information content (AvgIpc) is 3.22. The number of rotatable bonds is 5. The highest BCUT2D eigenvalue weighted by molar-refractivity contribution is 6.52. The Labute approximate surface area is 155 Å². The van der Waals surface area contributed by atoms with Crippen LogP contribution in [0.15, 0.2) is 60.9 Å². The van der Waals surface area contributed by atoms with E-state index < -0.39 is 17.5 Å². The molecule has 27 heavy (non-hydrogen) atoms. The van der Waals surface area contributed by atoms with Gasteiger partial charge in [0.1, 0.15) is 5.82 Å². The van der Waals surface area contributed by atoms with E-state index >= 15 is 0 Å². The molecule has 7 heteroatoms. The maximum Gasteiger partial charge on any atom is 0.300 e. The molecule has 0 saturated carbocycles. The fourth-order valence-corrected chi connectivity index (χ4v) is 3.18. The second-order valence-electron chi connectivity index (χ2n) is 6.51. The summed E-state index contributed by atoms with van der Waals surface area (Å²) in [5.41, 5.74) is 2.49. The smallest absolute Gasteiger partial charge is 0.291 e. The molecular weight excluding hydrogens is 347 g/mol. The number of amides is 1. The van der Waals surface area contributed by atoms with Crippen LogP contribution in [0.1, 0.15) is 15.9 Å². The normalized spacial score (nSPS) is 13.5. The van der Waals surface area contributed by atoms with Gasteiger partial charge in [-0.05, 0) is 37.4 Å². The van der Waals surface area contributed by atoms with E-state index in [2.05, 4.69) is 5.10 Å². The summed E-state index contributed by atoms with van der Waals surface area (Å²) >= 11 is 0. The maximum absolute atomic E-state index is 13.4. The first-order valence-corrected chi connectivity index (χ1v) is 8.46. The molecule has 0 unspecified atom stereocenters. The second kappa shape index (κ2) is 6.77. The van der Waals surface area contributed by atoms with Gasteiger partial charge in [-0.3, -0.25) is 19.4 Å². The summed E-state index contributed by atoms with van der Waals surface area (Å²) in [6.45, 7) is 0.765. The molecular formula is C20H17FN4O2. The lowest BCUT2D eigenvalue weighted by atomic mass is 10.1. The van der Waals surface area contributed by atoms with Gasteiger partial charge in [-0.1, -0.05) is 18.2 Å². The minimum absolute atomic E-state index is 0.116. The molecule has 0 saturated heterocycles. The number of para-hydroxylation sites is 1. The Kier molecular flexibility index (Phi) is 4.29. The number of anilines is 1. The van der Waals surface area contributed by atoms with Crippen molar-refractivity contribution in [3.8, 4) is 5.69 Å². The Morgan fingerprint density at radius 1 is 1.11 bits per heavy atom. The van der Waals surface area contributed by atoms with Crippen molar-refractivity contribution in [2.45, 2.75) is 6.54 Å². The number of carbonyl (C=O) groups is 2. The van der Waals surface area contributed by atoms with Crippen molar-refractivity contribution in [1.29, 1.82) is 0 Å². The summed E-state index contributed by atoms with van der Waals surface area (Å²) in [6, 6.07) is 13.6. The fraction of sp³-hybridized carbons (Fsp3) is 0.150. The van der Waals surface area contributed by atoms with E-state index in [4.69, 9.17) is 0 Å². The minimum Gasteiger partial charge on any atom is -0.291 e. The van der Waals surface area contributed by atoms with E-state index in [-0.39, 0.29) is 12.2 Å². The summed E-state index contributed by atoms with van der Waals surface area (Å²) in [5.74, 6) is -1.84. The monoisotopic (exact) mass is 364 g/mol. The number of fused-ring (bicyclic) bond motifs is 1. The molecule has 1 aliphatic rings. The van der Waals surface area contributed by atoms with E-state index in [9.17, 15) is 14.0 Å². The lowest BCUT2D eigenvalue weighted by Gasteiger charge is -2.23. The molecule has 0 spiro atoms. The summed E-state index contributed by atoms with van der Waals surface area (Å²) < 4.78 is 15.2. The number of aromatic nitrogens is 2. The maximum atomic E-state index is 13.4. The number of halogens is 1. The van der Waals surface area contributed by atoms with Crippen LogP contribution in [0.4, 0.5) is 10.1 Å². The summed E-state index contributed by atoms with van der Waals surface area (Å²) in [4.78, 5) is 27.6. The van der Waals surface area contributed by atoms with Gasteiger partial charge in [0.15, 0.2) is 0 Å². The van der Waals surface area contributed by atoms with E-state index in [0.29, 0.717) is 12.2 Å². The van der Waals surface area contributed by atoms with Crippen LogP contribution in [0, 0.1) is 5.82 Å². The molecule has 136 valence electrons. The number of hydrogen-bond donors (Lipinski definition) is 0. The lowest BCUT2D eigenvalue weighted by molar-refractivity contribution is -0.114. The van der Waals surface area contributed by atoms with Gasteiger partial charge in [-0.25, -0.2) is 9.07 Å². The van der Waals surface area contributed by atoms with Crippen molar-refractivity contribution in [1.82, 2.24) is 14.7 Å². The molecule has 1 aliphatic heterocycles. The summed E-state index contributed by atoms with van der Waals surface area (Å²) in [5, 5.41) is 4.36. The Bertz CT molecular complexity index is 1020. The van der Waals surface area contributed by atoms with Crippen molar-refractivity contribution in [3.05, 3.63) is 77.9 Å². The first-order valence-electron chi connectivity index (χ1n) is 8.46. The van der Waals surface area contributed by atoms with Gasteiger partial charge in [0.05, 0.1) is 29.8 Å². The fourth-order valence-electron chi connectivity index (χ4n) is 3.18. The molecule has 0 N–H and O–H groups in total. The molecule has 1 aromatic heterocycles. The van der Waals surface area contributed by atoms with Crippen LogP contribution in [0.3, 0.4) is 0 Å². The highest BCUT2D eigenvalue weighted by Crippen LogP contribution is 2.29. The SMILES string of the molecule is CN(Cc1cnn(-c2ccccc2)c1)CN1C(=O)C(=O)c2cc(F)ccc21. The second-order valence-corrected chi connectivity index (χ2v) is 6.51. The molecule has 6 nitrogen and oxygen atoms in total. The standard InChI is InChI=1S/C20H17FN4O2/c1-23(11-14-10-22-25(12-14)16-5-3-2-4-6-16)13-24-18-8-7-15(21)9-17(18)19(26)20(24)27/h2-10,12H,11,13H2,1H3. The number of ketones is 1. The Morgan fingerprint density at radius 2 is 1.89 bits per heavy atom. The first-order chi connectivity index (χ1) is 13.0. The van der Waals surface area contributed by atoms with Crippen molar-refractivity contribution >= 4 is 17.4 Å². The Hall–Kier alpha value is -3.32. The quantitative estimate of drug-likeness (QED) is 0.653. The lowest BCUT2D eigenvalue weighted by Crippen LogP contribution is -2.38. The summed E-state index contributed by atoms with van der Waals surface area (Å²) in [6.07, 6.45) is 3.69. The predicted molar refractivity (Wildman–Crippen MR) is 98.1 cm³/mol. The molecule has 0 radical (unpaired) electrons. The molecule has 2 aromatic carbocycles. The number of carbonyl (C=O) groups excluding carboxylic acids is 2. The molecule has 0 bridgehead atoms. The van der Waals surface area contributed by atoms with Crippen molar-refractivity contribution < 1.29 is 14.0 Å². The van der Waals surface area contributed by atoms with Crippen molar-refractivity contribution in [2.75, 3.05) is 18.6 Å². The molecule has 2 heterocycles. The van der Waals surface area contributed by atoms with Crippen LogP contribution < -0.4 is 4.90 Å². The molecule has 0 fully saturated rings. The molecule has 3 aromatic rings. The van der Waals surface area contributed by atoms with Gasteiger partial charge in [-0.2, -0.15) is 5.10 Å². The van der Waals surface area contributed by atoms with Crippen LogP contribution in [0.5, 0.6) is 0 Å². The predicted octanol–water partition coefficient (Wildman–Crippen LogP) is 2.63. The Morgan fingerprint density at radius 3 is 2.67 bits per heavy atom. The number of Topliss-reactive ketones (excluding diaryl/α,β-unsaturated/α-hetero) is 1. The van der Waals surface area contributed by atoms with E-state index in [1.165, 1.54) is 17.0 Å². The van der Waals surface area contributed by atoms with Crippen LogP contribution in [-0.2, 0) is 11.3 Å². The highest BCUT2D eigenvalue weighted by atomic mass is 19.1. The van der Waals surface area contributed by atoms with Gasteiger partial charge in [0.2, 0.25) is 0 Å². The topological polar surface area (TPSA) is 58.4 Å². The molecule has 4 rings (SSSR count). The third-order valence-corrected chi connectivity index (χ3v) is 4.43. The van der Waals surface area contributed by atoms with Crippen LogP contribution in [0.2, 0.25) is 0 Å². The van der Waals surface area contributed by atoms with E-state index in [1.54, 1.807) is 10.9 Å². The zero-order chi connectivity index (χ0) is 19.0. The third kappa shape index (κ3) is 3.24. The van der Waals surface area contributed by atoms with Gasteiger partial charge in [0.25, 0.3) is 5.78 Å². The van der Waals surface area contributed by atoms with Crippen LogP contribution >= 0.6 is 0 Å².